The SMILES string of the molecule is CCNc1nccc(NCC2COCCO2)n1. The highest BCUT2D eigenvalue weighted by Crippen LogP contribution is 2.07. The van der Waals surface area contributed by atoms with Crippen LogP contribution in [-0.2, 0) is 9.47 Å². The Balaban J connectivity index is 1.83. The zero-order chi connectivity index (χ0) is 11.9. The molecule has 2 N–H and O–H groups in total. The van der Waals surface area contributed by atoms with Crippen LogP contribution in [0.5, 0.6) is 0 Å². The van der Waals surface area contributed by atoms with Gasteiger partial charge < -0.3 is 20.1 Å². The summed E-state index contributed by atoms with van der Waals surface area (Å²) >= 11 is 0. The fraction of sp³-hybridized carbons (Fsp3) is 0.636. The molecule has 0 aliphatic carbocycles. The summed E-state index contributed by atoms with van der Waals surface area (Å²) in [5, 5.41) is 6.28. The van der Waals surface area contributed by atoms with E-state index in [4.69, 9.17) is 9.47 Å². The van der Waals surface area contributed by atoms with Gasteiger partial charge in [0.2, 0.25) is 5.95 Å². The lowest BCUT2D eigenvalue weighted by molar-refractivity contribution is -0.0819. The third-order valence-electron chi connectivity index (χ3n) is 2.39. The Kier molecular flexibility index (Phi) is 4.52. The number of rotatable bonds is 5. The zero-order valence-corrected chi connectivity index (χ0v) is 9.98. The Bertz CT molecular complexity index is 342. The van der Waals surface area contributed by atoms with Gasteiger partial charge in [0.05, 0.1) is 25.9 Å². The molecule has 1 aliphatic rings. The largest absolute Gasteiger partial charge is 0.376 e. The van der Waals surface area contributed by atoms with E-state index in [2.05, 4.69) is 20.6 Å². The van der Waals surface area contributed by atoms with Crippen molar-refractivity contribution in [3.8, 4) is 0 Å². The maximum atomic E-state index is 5.53. The first-order valence-electron chi connectivity index (χ1n) is 5.88. The van der Waals surface area contributed by atoms with Crippen molar-refractivity contribution in [2.45, 2.75) is 13.0 Å². The number of hydrogen-bond donors (Lipinski definition) is 2. The van der Waals surface area contributed by atoms with Gasteiger partial charge in [-0.3, -0.25) is 0 Å². The Morgan fingerprint density at radius 1 is 1.41 bits per heavy atom. The second kappa shape index (κ2) is 6.36. The minimum Gasteiger partial charge on any atom is -0.376 e. The van der Waals surface area contributed by atoms with Gasteiger partial charge in [-0.25, -0.2) is 4.98 Å². The van der Waals surface area contributed by atoms with Gasteiger partial charge in [-0.2, -0.15) is 4.98 Å². The molecule has 0 saturated carbocycles. The Morgan fingerprint density at radius 2 is 2.35 bits per heavy atom. The van der Waals surface area contributed by atoms with Crippen LogP contribution in [0.2, 0.25) is 0 Å². The Labute approximate surface area is 101 Å². The van der Waals surface area contributed by atoms with Crippen LogP contribution >= 0.6 is 0 Å². The molecule has 0 bridgehead atoms. The van der Waals surface area contributed by atoms with E-state index in [1.165, 1.54) is 0 Å². The van der Waals surface area contributed by atoms with Crippen molar-refractivity contribution in [2.75, 3.05) is 43.5 Å². The van der Waals surface area contributed by atoms with E-state index in [9.17, 15) is 0 Å². The van der Waals surface area contributed by atoms with Crippen LogP contribution < -0.4 is 10.6 Å². The number of anilines is 2. The maximum absolute atomic E-state index is 5.53. The summed E-state index contributed by atoms with van der Waals surface area (Å²) in [5.74, 6) is 1.43. The molecule has 0 spiro atoms. The predicted molar refractivity (Wildman–Crippen MR) is 65.2 cm³/mol. The summed E-state index contributed by atoms with van der Waals surface area (Å²) in [6.45, 7) is 5.51. The molecule has 1 unspecified atom stereocenters. The van der Waals surface area contributed by atoms with Crippen LogP contribution in [-0.4, -0.2) is 49.0 Å². The van der Waals surface area contributed by atoms with E-state index in [0.29, 0.717) is 32.3 Å². The second-order valence-corrected chi connectivity index (χ2v) is 3.74. The first-order valence-corrected chi connectivity index (χ1v) is 5.88. The minimum absolute atomic E-state index is 0.0984. The second-order valence-electron chi connectivity index (χ2n) is 3.74. The lowest BCUT2D eigenvalue weighted by Crippen LogP contribution is -2.34. The van der Waals surface area contributed by atoms with Gasteiger partial charge in [0.1, 0.15) is 5.82 Å². The highest BCUT2D eigenvalue weighted by Gasteiger charge is 2.13. The molecule has 2 heterocycles. The van der Waals surface area contributed by atoms with E-state index in [1.807, 2.05) is 13.0 Å². The molecule has 1 aromatic heterocycles. The van der Waals surface area contributed by atoms with Crippen molar-refractivity contribution in [3.05, 3.63) is 12.3 Å². The maximum Gasteiger partial charge on any atom is 0.224 e. The van der Waals surface area contributed by atoms with Crippen LogP contribution in [0.25, 0.3) is 0 Å². The minimum atomic E-state index is 0.0984. The molecule has 1 saturated heterocycles. The van der Waals surface area contributed by atoms with Crippen molar-refractivity contribution in [3.63, 3.8) is 0 Å². The number of nitrogens with one attached hydrogen (secondary N) is 2. The number of nitrogens with zero attached hydrogens (tertiary/aromatic N) is 2. The molecule has 0 amide bonds. The van der Waals surface area contributed by atoms with Crippen LogP contribution in [0.3, 0.4) is 0 Å². The van der Waals surface area contributed by atoms with Crippen LogP contribution in [0.4, 0.5) is 11.8 Å². The Hall–Kier alpha value is -1.40. The molecular formula is C11H18N4O2. The van der Waals surface area contributed by atoms with Crippen molar-refractivity contribution in [2.24, 2.45) is 0 Å². The lowest BCUT2D eigenvalue weighted by Gasteiger charge is -2.23. The summed E-state index contributed by atoms with van der Waals surface area (Å²) in [4.78, 5) is 8.42. The van der Waals surface area contributed by atoms with Crippen molar-refractivity contribution >= 4 is 11.8 Å². The van der Waals surface area contributed by atoms with Crippen molar-refractivity contribution < 1.29 is 9.47 Å². The summed E-state index contributed by atoms with van der Waals surface area (Å²) < 4.78 is 10.9. The average Bonchev–Trinajstić information content (AvgIpc) is 2.39. The van der Waals surface area contributed by atoms with Gasteiger partial charge in [-0.1, -0.05) is 0 Å². The third kappa shape index (κ3) is 3.83. The van der Waals surface area contributed by atoms with E-state index < -0.39 is 0 Å². The van der Waals surface area contributed by atoms with Gasteiger partial charge in [-0.05, 0) is 13.0 Å². The average molecular weight is 238 g/mol. The topological polar surface area (TPSA) is 68.3 Å². The quantitative estimate of drug-likeness (QED) is 0.788. The first-order chi connectivity index (χ1) is 8.38. The standard InChI is InChI=1S/C11H18N4O2/c1-2-12-11-13-4-3-10(15-11)14-7-9-8-16-5-6-17-9/h3-4,9H,2,5-8H2,1H3,(H2,12,13,14,15). The van der Waals surface area contributed by atoms with Gasteiger partial charge in [0.25, 0.3) is 0 Å². The highest BCUT2D eigenvalue weighted by molar-refractivity contribution is 5.39. The molecule has 1 aromatic rings. The van der Waals surface area contributed by atoms with Crippen molar-refractivity contribution in [1.29, 1.82) is 0 Å². The normalized spacial score (nSPS) is 19.9. The van der Waals surface area contributed by atoms with Gasteiger partial charge in [0, 0.05) is 19.3 Å². The number of ether oxygens (including phenoxy) is 2. The molecule has 94 valence electrons. The van der Waals surface area contributed by atoms with E-state index in [-0.39, 0.29) is 6.10 Å². The van der Waals surface area contributed by atoms with E-state index >= 15 is 0 Å². The first kappa shape index (κ1) is 12.1. The molecule has 17 heavy (non-hydrogen) atoms. The smallest absolute Gasteiger partial charge is 0.224 e. The molecule has 0 aromatic carbocycles. The summed E-state index contributed by atoms with van der Waals surface area (Å²) in [6, 6.07) is 1.84. The molecule has 1 fully saturated rings. The van der Waals surface area contributed by atoms with E-state index in [0.717, 1.165) is 12.4 Å². The fourth-order valence-electron chi connectivity index (χ4n) is 1.57. The fourth-order valence-corrected chi connectivity index (χ4v) is 1.57. The lowest BCUT2D eigenvalue weighted by atomic mass is 10.3. The highest BCUT2D eigenvalue weighted by atomic mass is 16.6. The summed E-state index contributed by atoms with van der Waals surface area (Å²) in [6.07, 6.45) is 1.83. The predicted octanol–water partition coefficient (Wildman–Crippen LogP) is 0.736. The molecule has 6 nitrogen and oxygen atoms in total. The van der Waals surface area contributed by atoms with Gasteiger partial charge in [0.15, 0.2) is 0 Å². The monoisotopic (exact) mass is 238 g/mol. The van der Waals surface area contributed by atoms with E-state index in [1.54, 1.807) is 6.20 Å². The molecule has 2 rings (SSSR count). The third-order valence-corrected chi connectivity index (χ3v) is 2.39. The van der Waals surface area contributed by atoms with Crippen LogP contribution in [0.1, 0.15) is 6.92 Å². The molecular weight excluding hydrogens is 220 g/mol. The number of aromatic nitrogens is 2. The van der Waals surface area contributed by atoms with Crippen molar-refractivity contribution in [1.82, 2.24) is 9.97 Å². The molecule has 1 aliphatic heterocycles. The number of hydrogen-bond acceptors (Lipinski definition) is 6. The van der Waals surface area contributed by atoms with Crippen LogP contribution in [0.15, 0.2) is 12.3 Å². The summed E-state index contributed by atoms with van der Waals surface area (Å²) in [7, 11) is 0. The summed E-state index contributed by atoms with van der Waals surface area (Å²) in [5.41, 5.74) is 0. The van der Waals surface area contributed by atoms with Gasteiger partial charge >= 0.3 is 0 Å². The zero-order valence-electron chi connectivity index (χ0n) is 9.98. The Morgan fingerprint density at radius 3 is 3.12 bits per heavy atom. The molecule has 1 atom stereocenters. The molecule has 0 radical (unpaired) electrons. The van der Waals surface area contributed by atoms with Gasteiger partial charge in [-0.15, -0.1) is 0 Å². The molecule has 6 heteroatoms. The van der Waals surface area contributed by atoms with Crippen LogP contribution in [0, 0.1) is 0 Å².